The number of nitrogens with zero attached hydrogens (tertiary/aromatic N) is 2. The molecule has 132 valence electrons. The fraction of sp³-hybridized carbons (Fsp3) is 0.250. The standard InChI is InChI=1S/C20H20N4O2/c1-13-22-19(24-23-13)16-7-4-5-14(11-16)12-21-20(25)18-17-8-3-2-6-15(17)9-10-26-18/h2-8,11,18H,9-10,12H2,1H3,(H,21,25)(H,22,23,24)/t18-/m0/s1. The molecule has 0 bridgehead atoms. The number of amides is 1. The van der Waals surface area contributed by atoms with Gasteiger partial charge in [-0.2, -0.15) is 5.10 Å². The third-order valence-corrected chi connectivity index (χ3v) is 4.48. The monoisotopic (exact) mass is 348 g/mol. The van der Waals surface area contributed by atoms with Crippen LogP contribution in [0.5, 0.6) is 0 Å². The van der Waals surface area contributed by atoms with Crippen LogP contribution in [0.15, 0.2) is 48.5 Å². The zero-order chi connectivity index (χ0) is 17.9. The zero-order valence-corrected chi connectivity index (χ0v) is 14.5. The number of fused-ring (bicyclic) bond motifs is 1. The highest BCUT2D eigenvalue weighted by Crippen LogP contribution is 2.27. The minimum absolute atomic E-state index is 0.115. The van der Waals surface area contributed by atoms with Crippen molar-refractivity contribution in [2.75, 3.05) is 6.61 Å². The number of hydrogen-bond donors (Lipinski definition) is 2. The van der Waals surface area contributed by atoms with Gasteiger partial charge in [-0.05, 0) is 36.1 Å². The second-order valence-electron chi connectivity index (χ2n) is 6.36. The maximum Gasteiger partial charge on any atom is 0.254 e. The van der Waals surface area contributed by atoms with Gasteiger partial charge in [-0.3, -0.25) is 9.89 Å². The number of aromatic amines is 1. The van der Waals surface area contributed by atoms with Crippen molar-refractivity contribution in [3.05, 3.63) is 71.0 Å². The number of rotatable bonds is 4. The summed E-state index contributed by atoms with van der Waals surface area (Å²) in [6.45, 7) is 2.86. The van der Waals surface area contributed by atoms with Crippen molar-refractivity contribution in [2.45, 2.75) is 26.0 Å². The van der Waals surface area contributed by atoms with Crippen LogP contribution in [0, 0.1) is 6.92 Å². The van der Waals surface area contributed by atoms with Gasteiger partial charge in [0, 0.05) is 12.1 Å². The molecule has 2 heterocycles. The highest BCUT2D eigenvalue weighted by Gasteiger charge is 2.26. The number of ether oxygens (including phenoxy) is 1. The number of aromatic nitrogens is 3. The predicted octanol–water partition coefficient (Wildman–Crippen LogP) is 2.71. The Labute approximate surface area is 151 Å². The average Bonchev–Trinajstić information content (AvgIpc) is 3.12. The fourth-order valence-electron chi connectivity index (χ4n) is 3.19. The van der Waals surface area contributed by atoms with Crippen LogP contribution in [-0.2, 0) is 22.5 Å². The molecule has 1 aliphatic heterocycles. The Morgan fingerprint density at radius 3 is 3.00 bits per heavy atom. The Bertz CT molecular complexity index is 935. The molecule has 1 aliphatic rings. The average molecular weight is 348 g/mol. The molecule has 0 saturated heterocycles. The van der Waals surface area contributed by atoms with Crippen LogP contribution in [0.3, 0.4) is 0 Å². The van der Waals surface area contributed by atoms with Gasteiger partial charge in [-0.25, -0.2) is 4.98 Å². The molecule has 1 atom stereocenters. The molecule has 0 spiro atoms. The van der Waals surface area contributed by atoms with Crippen molar-refractivity contribution >= 4 is 5.91 Å². The minimum atomic E-state index is -0.543. The SMILES string of the molecule is Cc1nc(-c2cccc(CNC(=O)[C@H]3OCCc4ccccc43)c2)n[nH]1. The molecule has 3 aromatic rings. The van der Waals surface area contributed by atoms with E-state index in [1.165, 1.54) is 5.56 Å². The molecule has 0 unspecified atom stereocenters. The Balaban J connectivity index is 1.46. The first kappa shape index (κ1) is 16.5. The largest absolute Gasteiger partial charge is 0.363 e. The van der Waals surface area contributed by atoms with E-state index >= 15 is 0 Å². The molecule has 6 nitrogen and oxygen atoms in total. The molecule has 1 aromatic heterocycles. The first-order chi connectivity index (χ1) is 12.7. The van der Waals surface area contributed by atoms with Crippen molar-refractivity contribution in [3.63, 3.8) is 0 Å². The third-order valence-electron chi connectivity index (χ3n) is 4.48. The van der Waals surface area contributed by atoms with Crippen molar-refractivity contribution < 1.29 is 9.53 Å². The summed E-state index contributed by atoms with van der Waals surface area (Å²) in [5.41, 5.74) is 4.05. The Hall–Kier alpha value is -2.99. The normalized spacial score (nSPS) is 16.1. The van der Waals surface area contributed by atoms with Gasteiger partial charge in [0.05, 0.1) is 6.61 Å². The van der Waals surface area contributed by atoms with Crippen LogP contribution in [0.4, 0.5) is 0 Å². The Morgan fingerprint density at radius 2 is 2.15 bits per heavy atom. The molecule has 6 heteroatoms. The number of carbonyl (C=O) groups is 1. The second kappa shape index (κ2) is 7.09. The third kappa shape index (κ3) is 3.36. The van der Waals surface area contributed by atoms with E-state index in [9.17, 15) is 4.79 Å². The van der Waals surface area contributed by atoms with Crippen molar-refractivity contribution in [2.24, 2.45) is 0 Å². The smallest absolute Gasteiger partial charge is 0.254 e. The number of benzene rings is 2. The van der Waals surface area contributed by atoms with Crippen molar-refractivity contribution in [1.82, 2.24) is 20.5 Å². The first-order valence-corrected chi connectivity index (χ1v) is 8.66. The summed E-state index contributed by atoms with van der Waals surface area (Å²) in [5.74, 6) is 1.31. The molecule has 0 aliphatic carbocycles. The molecule has 2 N–H and O–H groups in total. The molecular weight excluding hydrogens is 328 g/mol. The van der Waals surface area contributed by atoms with E-state index in [1.807, 2.05) is 49.4 Å². The van der Waals surface area contributed by atoms with Gasteiger partial charge in [0.2, 0.25) is 0 Å². The number of hydrogen-bond acceptors (Lipinski definition) is 4. The van der Waals surface area contributed by atoms with Gasteiger partial charge in [-0.15, -0.1) is 0 Å². The molecule has 1 amide bonds. The Kier molecular flexibility index (Phi) is 4.50. The van der Waals surface area contributed by atoms with E-state index in [4.69, 9.17) is 4.74 Å². The van der Waals surface area contributed by atoms with E-state index in [0.29, 0.717) is 19.0 Å². The highest BCUT2D eigenvalue weighted by molar-refractivity contribution is 5.82. The first-order valence-electron chi connectivity index (χ1n) is 8.66. The van der Waals surface area contributed by atoms with E-state index in [1.54, 1.807) is 0 Å². The van der Waals surface area contributed by atoms with Gasteiger partial charge in [-0.1, -0.05) is 42.5 Å². The summed E-state index contributed by atoms with van der Waals surface area (Å²) in [5, 5.41) is 10.0. The fourth-order valence-corrected chi connectivity index (χ4v) is 3.19. The molecular formula is C20H20N4O2. The van der Waals surface area contributed by atoms with Gasteiger partial charge >= 0.3 is 0 Å². The summed E-state index contributed by atoms with van der Waals surface area (Å²) >= 11 is 0. The van der Waals surface area contributed by atoms with E-state index in [0.717, 1.165) is 28.9 Å². The van der Waals surface area contributed by atoms with Crippen molar-refractivity contribution in [1.29, 1.82) is 0 Å². The number of carbonyl (C=O) groups excluding carboxylic acids is 1. The van der Waals surface area contributed by atoms with Gasteiger partial charge in [0.1, 0.15) is 5.82 Å². The maximum absolute atomic E-state index is 12.6. The predicted molar refractivity (Wildman–Crippen MR) is 97.2 cm³/mol. The summed E-state index contributed by atoms with van der Waals surface area (Å²) < 4.78 is 5.71. The number of aryl methyl sites for hydroxylation is 1. The lowest BCUT2D eigenvalue weighted by Gasteiger charge is -2.25. The molecule has 0 saturated carbocycles. The maximum atomic E-state index is 12.6. The van der Waals surface area contributed by atoms with E-state index in [-0.39, 0.29) is 5.91 Å². The molecule has 0 fully saturated rings. The van der Waals surface area contributed by atoms with E-state index in [2.05, 4.69) is 26.6 Å². The van der Waals surface area contributed by atoms with Gasteiger partial charge < -0.3 is 10.1 Å². The van der Waals surface area contributed by atoms with E-state index < -0.39 is 6.10 Å². The minimum Gasteiger partial charge on any atom is -0.363 e. The zero-order valence-electron chi connectivity index (χ0n) is 14.5. The van der Waals surface area contributed by atoms with Crippen LogP contribution in [0.1, 0.15) is 28.6 Å². The van der Waals surface area contributed by atoms with Crippen LogP contribution in [0.25, 0.3) is 11.4 Å². The van der Waals surface area contributed by atoms with Crippen LogP contribution in [0.2, 0.25) is 0 Å². The lowest BCUT2D eigenvalue weighted by atomic mass is 9.97. The molecule has 2 aromatic carbocycles. The summed E-state index contributed by atoms with van der Waals surface area (Å²) in [6.07, 6.45) is 0.303. The number of H-pyrrole nitrogens is 1. The lowest BCUT2D eigenvalue weighted by Crippen LogP contribution is -2.33. The topological polar surface area (TPSA) is 79.9 Å². The van der Waals surface area contributed by atoms with Crippen molar-refractivity contribution in [3.8, 4) is 11.4 Å². The summed E-state index contributed by atoms with van der Waals surface area (Å²) in [6, 6.07) is 15.8. The lowest BCUT2D eigenvalue weighted by molar-refractivity contribution is -0.134. The number of nitrogens with one attached hydrogen (secondary N) is 2. The summed E-state index contributed by atoms with van der Waals surface area (Å²) in [4.78, 5) is 17.0. The van der Waals surface area contributed by atoms with Crippen LogP contribution in [-0.4, -0.2) is 27.7 Å². The quantitative estimate of drug-likeness (QED) is 0.760. The molecule has 26 heavy (non-hydrogen) atoms. The van der Waals surface area contributed by atoms with Gasteiger partial charge in [0.25, 0.3) is 5.91 Å². The highest BCUT2D eigenvalue weighted by atomic mass is 16.5. The molecule has 0 radical (unpaired) electrons. The van der Waals surface area contributed by atoms with Crippen LogP contribution < -0.4 is 5.32 Å². The second-order valence-corrected chi connectivity index (χ2v) is 6.36. The van der Waals surface area contributed by atoms with Crippen LogP contribution >= 0.6 is 0 Å². The van der Waals surface area contributed by atoms with Gasteiger partial charge in [0.15, 0.2) is 11.9 Å². The molecule has 4 rings (SSSR count). The Morgan fingerprint density at radius 1 is 1.27 bits per heavy atom. The summed E-state index contributed by atoms with van der Waals surface area (Å²) in [7, 11) is 0.